The summed E-state index contributed by atoms with van der Waals surface area (Å²) < 4.78 is 17.6. The van der Waals surface area contributed by atoms with Crippen molar-refractivity contribution in [3.05, 3.63) is 16.8 Å². The minimum atomic E-state index is -0.500. The lowest BCUT2D eigenvalue weighted by Crippen LogP contribution is -2.43. The molecule has 0 aromatic carbocycles. The number of carbonyl (C=O) groups is 2. The van der Waals surface area contributed by atoms with Gasteiger partial charge in [-0.25, -0.2) is 14.8 Å². The number of fused-ring (bicyclic) bond motifs is 3. The molecule has 0 spiro atoms. The molecule has 0 unspecified atom stereocenters. The minimum Gasteiger partial charge on any atom is -0.474 e. The first-order valence-electron chi connectivity index (χ1n) is 12.1. The zero-order valence-electron chi connectivity index (χ0n) is 20.8. The van der Waals surface area contributed by atoms with Gasteiger partial charge in [0.05, 0.1) is 12.0 Å². The van der Waals surface area contributed by atoms with Gasteiger partial charge in [0.2, 0.25) is 5.88 Å². The Morgan fingerprint density at radius 3 is 2.56 bits per heavy atom. The smallest absolute Gasteiger partial charge is 0.410 e. The summed E-state index contributed by atoms with van der Waals surface area (Å²) in [6.07, 6.45) is 6.76. The van der Waals surface area contributed by atoms with Crippen LogP contribution in [-0.2, 0) is 20.7 Å². The maximum Gasteiger partial charge on any atom is 0.410 e. The molecule has 2 aromatic heterocycles. The van der Waals surface area contributed by atoms with Crippen LogP contribution in [0.1, 0.15) is 76.2 Å². The van der Waals surface area contributed by atoms with Crippen LogP contribution < -0.4 is 4.74 Å². The molecule has 1 fully saturated rings. The maximum atomic E-state index is 12.4. The second-order valence-corrected chi connectivity index (χ2v) is 11.5. The first kappa shape index (κ1) is 24.9. The van der Waals surface area contributed by atoms with E-state index in [9.17, 15) is 9.59 Å². The molecule has 0 bridgehead atoms. The number of rotatable bonds is 7. The number of amides is 1. The topological polar surface area (TPSA) is 90.9 Å². The molecule has 2 aliphatic rings. The average Bonchev–Trinajstić information content (AvgIpc) is 3.32. The zero-order chi connectivity index (χ0) is 24.5. The number of ketones is 1. The number of nitrogens with zero attached hydrogens (tertiary/aromatic N) is 3. The lowest BCUT2D eigenvalue weighted by atomic mass is 9.92. The molecule has 9 heteroatoms. The second-order valence-electron chi connectivity index (χ2n) is 10.4. The van der Waals surface area contributed by atoms with Crippen LogP contribution in [0.25, 0.3) is 10.2 Å². The van der Waals surface area contributed by atoms with E-state index in [1.54, 1.807) is 29.5 Å². The molecule has 2 aliphatic carbocycles. The normalized spacial score (nSPS) is 22.4. The molecule has 1 amide bonds. The van der Waals surface area contributed by atoms with E-state index in [4.69, 9.17) is 14.2 Å². The van der Waals surface area contributed by atoms with E-state index in [1.165, 1.54) is 10.4 Å². The zero-order valence-corrected chi connectivity index (χ0v) is 21.6. The van der Waals surface area contributed by atoms with Crippen LogP contribution in [0.15, 0.2) is 6.33 Å². The Morgan fingerprint density at radius 2 is 1.88 bits per heavy atom. The van der Waals surface area contributed by atoms with Gasteiger partial charge in [-0.1, -0.05) is 0 Å². The molecule has 8 nitrogen and oxygen atoms in total. The van der Waals surface area contributed by atoms with Gasteiger partial charge < -0.3 is 19.1 Å². The Labute approximate surface area is 205 Å². The number of aryl methyl sites for hydroxylation is 1. The third kappa shape index (κ3) is 5.68. The summed E-state index contributed by atoms with van der Waals surface area (Å²) in [5.74, 6) is 0.910. The Morgan fingerprint density at radius 1 is 1.15 bits per heavy atom. The summed E-state index contributed by atoms with van der Waals surface area (Å²) in [6.45, 7) is 7.86. The largest absolute Gasteiger partial charge is 0.474 e. The van der Waals surface area contributed by atoms with Crippen molar-refractivity contribution in [3.8, 4) is 5.88 Å². The van der Waals surface area contributed by atoms with Crippen LogP contribution in [0.2, 0.25) is 0 Å². The van der Waals surface area contributed by atoms with Gasteiger partial charge in [0, 0.05) is 23.9 Å². The molecule has 186 valence electrons. The third-order valence-electron chi connectivity index (χ3n) is 6.47. The highest BCUT2D eigenvalue weighted by Crippen LogP contribution is 2.46. The molecule has 1 saturated carbocycles. The lowest BCUT2D eigenvalue weighted by molar-refractivity contribution is -0.121. The van der Waals surface area contributed by atoms with Crippen LogP contribution in [0.4, 0.5) is 4.79 Å². The second kappa shape index (κ2) is 10.2. The molecular weight excluding hydrogens is 454 g/mol. The molecule has 0 radical (unpaired) electrons. The molecule has 1 atom stereocenters. The van der Waals surface area contributed by atoms with Gasteiger partial charge in [0.1, 0.15) is 29.5 Å². The van der Waals surface area contributed by atoms with Crippen molar-refractivity contribution < 1.29 is 23.8 Å². The molecule has 34 heavy (non-hydrogen) atoms. The van der Waals surface area contributed by atoms with Gasteiger partial charge in [0.15, 0.2) is 5.78 Å². The molecule has 0 N–H and O–H groups in total. The Bertz CT molecular complexity index is 1040. The highest BCUT2D eigenvalue weighted by molar-refractivity contribution is 7.19. The van der Waals surface area contributed by atoms with Crippen LogP contribution in [-0.4, -0.2) is 64.8 Å². The quantitative estimate of drug-likeness (QED) is 0.547. The average molecular weight is 490 g/mol. The summed E-state index contributed by atoms with van der Waals surface area (Å²) in [4.78, 5) is 36.7. The first-order chi connectivity index (χ1) is 16.1. The van der Waals surface area contributed by atoms with E-state index < -0.39 is 5.60 Å². The minimum absolute atomic E-state index is 0.0358. The van der Waals surface area contributed by atoms with E-state index in [1.807, 2.05) is 27.8 Å². The van der Waals surface area contributed by atoms with Crippen molar-refractivity contribution in [3.63, 3.8) is 0 Å². The van der Waals surface area contributed by atoms with Crippen LogP contribution in [0, 0.1) is 0 Å². The predicted molar refractivity (Wildman–Crippen MR) is 131 cm³/mol. The van der Waals surface area contributed by atoms with Crippen molar-refractivity contribution >= 4 is 33.4 Å². The number of hydrogen-bond donors (Lipinski definition) is 0. The molecular formula is C25H35N3O5S. The molecule has 4 rings (SSSR count). The number of Topliss-reactive ketones (excluding diaryl/α,β-unsaturated/α-hetero) is 1. The number of hydrogen-bond acceptors (Lipinski definition) is 8. The monoisotopic (exact) mass is 489 g/mol. The summed E-state index contributed by atoms with van der Waals surface area (Å²) in [5.41, 5.74) is 0.734. The number of carbonyl (C=O) groups excluding carboxylic acids is 2. The molecule has 0 aliphatic heterocycles. The fourth-order valence-electron chi connectivity index (χ4n) is 4.83. The molecule has 2 heterocycles. The van der Waals surface area contributed by atoms with Crippen molar-refractivity contribution in [1.29, 1.82) is 0 Å². The third-order valence-corrected chi connectivity index (χ3v) is 7.64. The molecule has 0 saturated heterocycles. The van der Waals surface area contributed by atoms with Crippen molar-refractivity contribution in [2.24, 2.45) is 0 Å². The Balaban J connectivity index is 1.42. The van der Waals surface area contributed by atoms with Gasteiger partial charge in [-0.2, -0.15) is 0 Å². The highest BCUT2D eigenvalue weighted by Gasteiger charge is 2.33. The maximum absolute atomic E-state index is 12.4. The van der Waals surface area contributed by atoms with Crippen LogP contribution >= 0.6 is 11.3 Å². The summed E-state index contributed by atoms with van der Waals surface area (Å²) in [5, 5.41) is 1.00. The van der Waals surface area contributed by atoms with Crippen molar-refractivity contribution in [1.82, 2.24) is 14.9 Å². The fraction of sp³-hybridized carbons (Fsp3) is 0.680. The predicted octanol–water partition coefficient (Wildman–Crippen LogP) is 4.88. The lowest BCUT2D eigenvalue weighted by Gasteiger charge is -2.35. The number of ether oxygens (including phenoxy) is 3. The summed E-state index contributed by atoms with van der Waals surface area (Å²) in [7, 11) is 1.82. The summed E-state index contributed by atoms with van der Waals surface area (Å²) in [6, 6.07) is 0.147. The van der Waals surface area contributed by atoms with Gasteiger partial charge >= 0.3 is 6.09 Å². The Kier molecular flexibility index (Phi) is 7.42. The van der Waals surface area contributed by atoms with E-state index >= 15 is 0 Å². The van der Waals surface area contributed by atoms with Crippen molar-refractivity contribution in [2.75, 3.05) is 20.3 Å². The van der Waals surface area contributed by atoms with Crippen LogP contribution in [0.3, 0.4) is 0 Å². The van der Waals surface area contributed by atoms with Gasteiger partial charge in [-0.05, 0) is 71.8 Å². The summed E-state index contributed by atoms with van der Waals surface area (Å²) >= 11 is 1.71. The van der Waals surface area contributed by atoms with E-state index in [-0.39, 0.29) is 36.5 Å². The van der Waals surface area contributed by atoms with Gasteiger partial charge in [0.25, 0.3) is 0 Å². The SMILES string of the molecule is CC(=O)COC[C@H]1CCc2sc3ncnc(OC4CCC(N(C)C(=O)OC(C)(C)C)CC4)c3c21. The first-order valence-corrected chi connectivity index (χ1v) is 12.9. The Hall–Kier alpha value is -2.26. The highest BCUT2D eigenvalue weighted by atomic mass is 32.1. The van der Waals surface area contributed by atoms with Crippen LogP contribution in [0.5, 0.6) is 5.88 Å². The number of aromatic nitrogens is 2. The standard InChI is InChI=1S/C25H35N3O5S/c1-15(29)12-31-13-16-6-11-19-20(16)21-22(26-14-27-23(21)34-19)32-18-9-7-17(8-10-18)28(5)24(30)33-25(2,3)4/h14,16-18H,6-13H2,1-5H3/t16-,17?,18?/m1/s1. The number of thiophene rings is 1. The van der Waals surface area contributed by atoms with E-state index in [0.29, 0.717) is 12.5 Å². The molecule has 2 aromatic rings. The fourth-order valence-corrected chi connectivity index (χ4v) is 6.06. The van der Waals surface area contributed by atoms with Gasteiger partial charge in [-0.15, -0.1) is 11.3 Å². The van der Waals surface area contributed by atoms with E-state index in [0.717, 1.165) is 48.7 Å². The van der Waals surface area contributed by atoms with E-state index in [2.05, 4.69) is 9.97 Å². The van der Waals surface area contributed by atoms with Gasteiger partial charge in [-0.3, -0.25) is 4.79 Å². The van der Waals surface area contributed by atoms with Crippen molar-refractivity contribution in [2.45, 2.75) is 89.9 Å².